The number of aromatic nitrogens is 1. The number of carbonyl (C=O) groups is 2. The van der Waals surface area contributed by atoms with Gasteiger partial charge in [0.15, 0.2) is 12.4 Å². The topological polar surface area (TPSA) is 83.4 Å². The van der Waals surface area contributed by atoms with Crippen LogP contribution in [0.15, 0.2) is 73.1 Å². The van der Waals surface area contributed by atoms with E-state index >= 15 is 0 Å². The highest BCUT2D eigenvalue weighted by Crippen LogP contribution is 2.27. The standard InChI is InChI=1S/C22H20Cl2N2O.C2HF3O2/c1-15(26-22(27)18-10-12-25-13-11-18)21(17-4-8-20(24)9-5-17)14-16-2-6-19(23)7-3-16;3-2(4,5)1(6)7/h2-13,15,21H,14H2,1H3,(H,26,27);(H,6,7)/t15-,21+;/m1./s1. The number of hydrogen-bond acceptors (Lipinski definition) is 3. The van der Waals surface area contributed by atoms with Crippen molar-refractivity contribution in [2.24, 2.45) is 0 Å². The third kappa shape index (κ3) is 8.68. The molecule has 0 saturated heterocycles. The lowest BCUT2D eigenvalue weighted by Crippen LogP contribution is -2.38. The van der Waals surface area contributed by atoms with Gasteiger partial charge in [-0.2, -0.15) is 13.2 Å². The molecule has 1 aromatic heterocycles. The van der Waals surface area contributed by atoms with Gasteiger partial charge in [0.05, 0.1) is 5.56 Å². The molecule has 34 heavy (non-hydrogen) atoms. The molecular formula is C24H21Cl2F3N2O3. The number of pyridine rings is 1. The van der Waals surface area contributed by atoms with E-state index in [-0.39, 0.29) is 17.9 Å². The molecule has 0 aliphatic heterocycles. The van der Waals surface area contributed by atoms with Gasteiger partial charge in [-0.25, -0.2) is 4.98 Å². The fourth-order valence-electron chi connectivity index (χ4n) is 3.10. The van der Waals surface area contributed by atoms with Crippen molar-refractivity contribution >= 4 is 35.1 Å². The quantitative estimate of drug-likeness (QED) is 0.535. The maximum absolute atomic E-state index is 12.6. The molecule has 3 rings (SSSR count). The zero-order chi connectivity index (χ0) is 25.3. The van der Waals surface area contributed by atoms with Gasteiger partial charge in [0, 0.05) is 34.1 Å². The number of aromatic amines is 1. The maximum Gasteiger partial charge on any atom is 0.430 e. The molecule has 3 aromatic rings. The number of hydrogen-bond donors (Lipinski definition) is 1. The van der Waals surface area contributed by atoms with E-state index in [0.29, 0.717) is 15.6 Å². The summed E-state index contributed by atoms with van der Waals surface area (Å²) in [6, 6.07) is 19.1. The van der Waals surface area contributed by atoms with Gasteiger partial charge < -0.3 is 15.2 Å². The molecule has 0 aliphatic rings. The number of alkyl halides is 3. The SMILES string of the molecule is C[C@@H](NC(=O)c1cc[nH+]cc1)[C@H](Cc1ccc(Cl)cc1)c1ccc(Cl)cc1.O=C([O-])C(F)(F)F. The minimum absolute atomic E-state index is 0.0708. The average Bonchev–Trinajstić information content (AvgIpc) is 2.79. The highest BCUT2D eigenvalue weighted by molar-refractivity contribution is 6.30. The summed E-state index contributed by atoms with van der Waals surface area (Å²) >= 11 is 12.1. The van der Waals surface area contributed by atoms with Crippen LogP contribution in [0.4, 0.5) is 13.2 Å². The number of nitrogens with one attached hydrogen (secondary N) is 2. The number of carboxylic acids is 1. The van der Waals surface area contributed by atoms with E-state index in [2.05, 4.69) is 10.3 Å². The van der Waals surface area contributed by atoms with Crippen molar-refractivity contribution in [3.05, 3.63) is 99.8 Å². The summed E-state index contributed by atoms with van der Waals surface area (Å²) in [5.41, 5.74) is 2.92. The summed E-state index contributed by atoms with van der Waals surface area (Å²) in [5.74, 6) is -3.00. The number of rotatable bonds is 6. The molecule has 0 bridgehead atoms. The van der Waals surface area contributed by atoms with E-state index in [1.165, 1.54) is 0 Å². The molecule has 0 unspecified atom stereocenters. The predicted molar refractivity (Wildman–Crippen MR) is 120 cm³/mol. The first-order valence-electron chi connectivity index (χ1n) is 10.0. The fourth-order valence-corrected chi connectivity index (χ4v) is 3.35. The number of aliphatic carboxylic acids is 1. The third-order valence-corrected chi connectivity index (χ3v) is 5.35. The van der Waals surface area contributed by atoms with Crippen LogP contribution in [0.3, 0.4) is 0 Å². The molecule has 2 atom stereocenters. The fraction of sp³-hybridized carbons (Fsp3) is 0.208. The minimum Gasteiger partial charge on any atom is -0.542 e. The first-order valence-corrected chi connectivity index (χ1v) is 10.8. The molecule has 10 heteroatoms. The molecule has 0 radical (unpaired) electrons. The smallest absolute Gasteiger partial charge is 0.430 e. The summed E-state index contributed by atoms with van der Waals surface area (Å²) in [4.78, 5) is 24.3. The molecule has 0 aliphatic carbocycles. The average molecular weight is 513 g/mol. The molecule has 180 valence electrons. The molecule has 2 N–H and O–H groups in total. The van der Waals surface area contributed by atoms with Gasteiger partial charge in [-0.15, -0.1) is 0 Å². The van der Waals surface area contributed by atoms with Crippen LogP contribution in [-0.2, 0) is 11.2 Å². The Hall–Kier alpha value is -3.10. The minimum atomic E-state index is -5.19. The van der Waals surface area contributed by atoms with Gasteiger partial charge in [-0.3, -0.25) is 4.79 Å². The number of halogens is 5. The van der Waals surface area contributed by atoms with Crippen LogP contribution in [-0.4, -0.2) is 24.1 Å². The molecule has 0 saturated carbocycles. The Kier molecular flexibility index (Phi) is 9.89. The summed E-state index contributed by atoms with van der Waals surface area (Å²) < 4.78 is 31.5. The number of benzene rings is 2. The Morgan fingerprint density at radius 3 is 1.88 bits per heavy atom. The lowest BCUT2D eigenvalue weighted by Gasteiger charge is -2.26. The molecule has 2 aromatic carbocycles. The van der Waals surface area contributed by atoms with Crippen LogP contribution in [0.25, 0.3) is 0 Å². The monoisotopic (exact) mass is 512 g/mol. The highest BCUT2D eigenvalue weighted by Gasteiger charge is 2.28. The highest BCUT2D eigenvalue weighted by atomic mass is 35.5. The second kappa shape index (κ2) is 12.4. The number of carboxylic acid groups (broad SMARTS) is 1. The summed E-state index contributed by atoms with van der Waals surface area (Å²) in [6.07, 6.45) is -0.934. The third-order valence-electron chi connectivity index (χ3n) is 4.84. The van der Waals surface area contributed by atoms with Crippen molar-refractivity contribution in [2.75, 3.05) is 0 Å². The van der Waals surface area contributed by atoms with Crippen molar-refractivity contribution in [3.63, 3.8) is 0 Å². The summed E-state index contributed by atoms with van der Waals surface area (Å²) in [6.45, 7) is 2.03. The van der Waals surface area contributed by atoms with E-state index in [4.69, 9.17) is 33.1 Å². The summed E-state index contributed by atoms with van der Waals surface area (Å²) in [7, 11) is 0. The number of amides is 1. The lowest BCUT2D eigenvalue weighted by atomic mass is 9.86. The van der Waals surface area contributed by atoms with Crippen molar-refractivity contribution in [2.45, 2.75) is 31.5 Å². The van der Waals surface area contributed by atoms with Crippen molar-refractivity contribution in [1.29, 1.82) is 0 Å². The molecule has 1 amide bonds. The number of carbonyl (C=O) groups excluding carboxylic acids is 2. The van der Waals surface area contributed by atoms with E-state index < -0.39 is 12.1 Å². The zero-order valence-electron chi connectivity index (χ0n) is 17.9. The molecule has 1 heterocycles. The van der Waals surface area contributed by atoms with Gasteiger partial charge in [-0.05, 0) is 48.7 Å². The van der Waals surface area contributed by atoms with Gasteiger partial charge in [0.2, 0.25) is 0 Å². The Morgan fingerprint density at radius 2 is 1.41 bits per heavy atom. The lowest BCUT2D eigenvalue weighted by molar-refractivity contribution is -0.378. The first kappa shape index (κ1) is 27.1. The summed E-state index contributed by atoms with van der Waals surface area (Å²) in [5, 5.41) is 13.3. The van der Waals surface area contributed by atoms with Gasteiger partial charge in [-0.1, -0.05) is 47.5 Å². The van der Waals surface area contributed by atoms with E-state index in [1.807, 2.05) is 55.5 Å². The van der Waals surface area contributed by atoms with Crippen molar-refractivity contribution < 1.29 is 32.9 Å². The van der Waals surface area contributed by atoms with E-state index in [0.717, 1.165) is 17.5 Å². The van der Waals surface area contributed by atoms with E-state index in [9.17, 15) is 18.0 Å². The Bertz CT molecular complexity index is 1080. The Balaban J connectivity index is 0.000000509. The zero-order valence-corrected chi connectivity index (χ0v) is 19.4. The van der Waals surface area contributed by atoms with Crippen molar-refractivity contribution in [3.8, 4) is 0 Å². The first-order chi connectivity index (χ1) is 16.0. The molecule has 0 spiro atoms. The van der Waals surface area contributed by atoms with Crippen LogP contribution < -0.4 is 15.4 Å². The number of H-pyrrole nitrogens is 1. The van der Waals surface area contributed by atoms with Crippen LogP contribution in [0, 0.1) is 0 Å². The van der Waals surface area contributed by atoms with Gasteiger partial charge in [0.1, 0.15) is 5.97 Å². The second-order valence-electron chi connectivity index (χ2n) is 7.32. The molecule has 0 fully saturated rings. The van der Waals surface area contributed by atoms with Crippen LogP contribution in [0.2, 0.25) is 10.0 Å². The van der Waals surface area contributed by atoms with Crippen LogP contribution in [0.1, 0.15) is 34.3 Å². The predicted octanol–water partition coefficient (Wildman–Crippen LogP) is 4.25. The van der Waals surface area contributed by atoms with Crippen LogP contribution in [0.5, 0.6) is 0 Å². The van der Waals surface area contributed by atoms with Crippen LogP contribution >= 0.6 is 23.2 Å². The largest absolute Gasteiger partial charge is 0.542 e. The Morgan fingerprint density at radius 1 is 0.941 bits per heavy atom. The Labute approximate surface area is 204 Å². The maximum atomic E-state index is 12.6. The molecule has 5 nitrogen and oxygen atoms in total. The van der Waals surface area contributed by atoms with Gasteiger partial charge >= 0.3 is 6.18 Å². The van der Waals surface area contributed by atoms with Gasteiger partial charge in [0.25, 0.3) is 5.91 Å². The normalized spacial score (nSPS) is 12.6. The van der Waals surface area contributed by atoms with E-state index in [1.54, 1.807) is 24.5 Å². The molecular weight excluding hydrogens is 492 g/mol. The van der Waals surface area contributed by atoms with Crippen molar-refractivity contribution in [1.82, 2.24) is 5.32 Å². The second-order valence-corrected chi connectivity index (χ2v) is 8.20.